The van der Waals surface area contributed by atoms with Crippen LogP contribution in [0.3, 0.4) is 0 Å². The smallest absolute Gasteiger partial charge is 0.224 e. The van der Waals surface area contributed by atoms with Gasteiger partial charge in [-0.2, -0.15) is 5.10 Å². The van der Waals surface area contributed by atoms with Crippen LogP contribution in [0.4, 0.5) is 10.1 Å². The summed E-state index contributed by atoms with van der Waals surface area (Å²) in [6, 6.07) is 6.64. The van der Waals surface area contributed by atoms with Gasteiger partial charge < -0.3 is 5.32 Å². The number of nitrogens with zero attached hydrogens (tertiary/aromatic N) is 2. The van der Waals surface area contributed by atoms with Gasteiger partial charge in [-0.05, 0) is 18.4 Å². The van der Waals surface area contributed by atoms with Crippen LogP contribution >= 0.6 is 0 Å². The summed E-state index contributed by atoms with van der Waals surface area (Å²) in [7, 11) is 0. The van der Waals surface area contributed by atoms with E-state index in [0.717, 1.165) is 6.42 Å². The van der Waals surface area contributed by atoms with E-state index >= 15 is 0 Å². The van der Waals surface area contributed by atoms with Crippen LogP contribution in [-0.2, 0) is 11.3 Å². The van der Waals surface area contributed by atoms with Crippen molar-refractivity contribution >= 4 is 11.6 Å². The summed E-state index contributed by atoms with van der Waals surface area (Å²) in [4.78, 5) is 12.1. The maximum Gasteiger partial charge on any atom is 0.224 e. The van der Waals surface area contributed by atoms with Crippen molar-refractivity contribution in [3.63, 3.8) is 0 Å². The lowest BCUT2D eigenvalue weighted by Gasteiger charge is -2.20. The lowest BCUT2D eigenvalue weighted by molar-refractivity contribution is -0.116. The zero-order valence-corrected chi connectivity index (χ0v) is 13.9. The number of amides is 1. The van der Waals surface area contributed by atoms with Gasteiger partial charge in [-0.3, -0.25) is 9.48 Å². The second-order valence-corrected chi connectivity index (χ2v) is 6.61. The van der Waals surface area contributed by atoms with E-state index in [9.17, 15) is 9.18 Å². The summed E-state index contributed by atoms with van der Waals surface area (Å²) in [5.41, 5.74) is 1.25. The fraction of sp³-hybridized carbons (Fsp3) is 0.474. The van der Waals surface area contributed by atoms with Gasteiger partial charge in [0.25, 0.3) is 0 Å². The summed E-state index contributed by atoms with van der Waals surface area (Å²) in [5, 5.41) is 7.08. The van der Waals surface area contributed by atoms with Crippen LogP contribution in [0.1, 0.15) is 50.5 Å². The zero-order valence-electron chi connectivity index (χ0n) is 13.9. The number of nitrogens with one attached hydrogen (secondary N) is 1. The Hall–Kier alpha value is -2.17. The van der Waals surface area contributed by atoms with Crippen LogP contribution in [0.25, 0.3) is 0 Å². The zero-order chi connectivity index (χ0) is 16.8. The third-order valence-electron chi connectivity index (χ3n) is 4.71. The highest BCUT2D eigenvalue weighted by molar-refractivity contribution is 5.90. The second kappa shape index (κ2) is 8.08. The quantitative estimate of drug-likeness (QED) is 0.855. The predicted octanol–water partition coefficient (Wildman–Crippen LogP) is 4.37. The van der Waals surface area contributed by atoms with Gasteiger partial charge in [0.1, 0.15) is 5.82 Å². The Balaban J connectivity index is 1.48. The highest BCUT2D eigenvalue weighted by Gasteiger charge is 2.15. The number of carbonyl (C=O) groups excluding carboxylic acids is 1. The van der Waals surface area contributed by atoms with Gasteiger partial charge in [-0.1, -0.05) is 50.3 Å². The Kier molecular flexibility index (Phi) is 5.62. The Bertz CT molecular complexity index is 677. The van der Waals surface area contributed by atoms with E-state index in [1.165, 1.54) is 38.2 Å². The molecule has 1 N–H and O–H groups in total. The summed E-state index contributed by atoms with van der Waals surface area (Å²) in [5.74, 6) is 0.491. The van der Waals surface area contributed by atoms with Crippen LogP contribution in [0.2, 0.25) is 0 Å². The minimum absolute atomic E-state index is 0.0333. The molecular formula is C19H24FN3O. The van der Waals surface area contributed by atoms with E-state index in [2.05, 4.69) is 10.4 Å². The molecule has 0 aliphatic heterocycles. The normalized spacial score (nSPS) is 15.4. The van der Waals surface area contributed by atoms with Crippen LogP contribution in [-0.4, -0.2) is 15.7 Å². The number of halogens is 1. The lowest BCUT2D eigenvalue weighted by atomic mass is 9.86. The highest BCUT2D eigenvalue weighted by atomic mass is 19.1. The van der Waals surface area contributed by atoms with E-state index in [4.69, 9.17) is 0 Å². The van der Waals surface area contributed by atoms with E-state index in [-0.39, 0.29) is 11.7 Å². The van der Waals surface area contributed by atoms with Crippen LogP contribution in [0.15, 0.2) is 36.7 Å². The summed E-state index contributed by atoms with van der Waals surface area (Å²) in [6.07, 6.45) is 11.3. The molecule has 0 radical (unpaired) electrons. The fourth-order valence-electron chi connectivity index (χ4n) is 3.35. The molecule has 24 heavy (non-hydrogen) atoms. The average Bonchev–Trinajstić information content (AvgIpc) is 3.03. The third-order valence-corrected chi connectivity index (χ3v) is 4.71. The van der Waals surface area contributed by atoms with E-state index in [1.54, 1.807) is 35.3 Å². The molecule has 0 unspecified atom stereocenters. The molecule has 1 amide bonds. The van der Waals surface area contributed by atoms with Crippen LogP contribution in [0, 0.1) is 11.7 Å². The Morgan fingerprint density at radius 2 is 2.04 bits per heavy atom. The molecule has 1 aliphatic rings. The fourth-order valence-corrected chi connectivity index (χ4v) is 3.35. The first kappa shape index (κ1) is 16.7. The van der Waals surface area contributed by atoms with Gasteiger partial charge >= 0.3 is 0 Å². The molecule has 3 rings (SSSR count). The van der Waals surface area contributed by atoms with E-state index < -0.39 is 0 Å². The SMILES string of the molecule is O=C(CCC1CCCCC1)Nc1cnn(Cc2ccccc2F)c1. The number of hydrogen-bond acceptors (Lipinski definition) is 2. The van der Waals surface area contributed by atoms with Crippen molar-refractivity contribution in [2.45, 2.75) is 51.5 Å². The van der Waals surface area contributed by atoms with Crippen molar-refractivity contribution < 1.29 is 9.18 Å². The van der Waals surface area contributed by atoms with Crippen LogP contribution in [0.5, 0.6) is 0 Å². The number of anilines is 1. The van der Waals surface area contributed by atoms with Gasteiger partial charge in [0, 0.05) is 18.2 Å². The van der Waals surface area contributed by atoms with Gasteiger partial charge in [0.15, 0.2) is 0 Å². The minimum Gasteiger partial charge on any atom is -0.323 e. The number of carbonyl (C=O) groups is 1. The largest absolute Gasteiger partial charge is 0.323 e. The van der Waals surface area contributed by atoms with Crippen LogP contribution < -0.4 is 5.32 Å². The molecule has 1 aliphatic carbocycles. The van der Waals surface area contributed by atoms with Gasteiger partial charge in [-0.25, -0.2) is 4.39 Å². The molecule has 128 valence electrons. The number of hydrogen-bond donors (Lipinski definition) is 1. The molecule has 1 heterocycles. The van der Waals surface area contributed by atoms with Crippen molar-refractivity contribution in [1.82, 2.24) is 9.78 Å². The molecule has 1 aromatic heterocycles. The highest BCUT2D eigenvalue weighted by Crippen LogP contribution is 2.27. The summed E-state index contributed by atoms with van der Waals surface area (Å²) >= 11 is 0. The van der Waals surface area contributed by atoms with Gasteiger partial charge in [0.2, 0.25) is 5.91 Å². The standard InChI is InChI=1S/C19H24FN3O/c20-18-9-5-4-8-16(18)13-23-14-17(12-21-23)22-19(24)11-10-15-6-2-1-3-7-15/h4-5,8-9,12,14-15H,1-3,6-7,10-11,13H2,(H,22,24). The second-order valence-electron chi connectivity index (χ2n) is 6.61. The van der Waals surface area contributed by atoms with Crippen molar-refractivity contribution in [2.75, 3.05) is 5.32 Å². The average molecular weight is 329 g/mol. The molecule has 4 nitrogen and oxygen atoms in total. The molecule has 0 spiro atoms. The maximum absolute atomic E-state index is 13.7. The lowest BCUT2D eigenvalue weighted by Crippen LogP contribution is -2.14. The molecule has 1 saturated carbocycles. The molecule has 0 atom stereocenters. The summed E-state index contributed by atoms with van der Waals surface area (Å²) in [6.45, 7) is 0.352. The van der Waals surface area contributed by atoms with E-state index in [1.807, 2.05) is 0 Å². The predicted molar refractivity (Wildman–Crippen MR) is 92.2 cm³/mol. The first-order valence-electron chi connectivity index (χ1n) is 8.76. The molecule has 1 aromatic carbocycles. The number of aromatic nitrogens is 2. The monoisotopic (exact) mass is 329 g/mol. The number of benzene rings is 1. The third kappa shape index (κ3) is 4.66. The molecule has 0 bridgehead atoms. The molecular weight excluding hydrogens is 305 g/mol. The Morgan fingerprint density at radius 1 is 1.25 bits per heavy atom. The Labute approximate surface area is 142 Å². The van der Waals surface area contributed by atoms with Crippen molar-refractivity contribution in [1.29, 1.82) is 0 Å². The van der Waals surface area contributed by atoms with Crippen molar-refractivity contribution in [2.24, 2.45) is 5.92 Å². The minimum atomic E-state index is -0.244. The first-order chi connectivity index (χ1) is 11.7. The maximum atomic E-state index is 13.7. The molecule has 0 saturated heterocycles. The molecule has 1 fully saturated rings. The Morgan fingerprint density at radius 3 is 2.83 bits per heavy atom. The molecule has 2 aromatic rings. The first-order valence-corrected chi connectivity index (χ1v) is 8.76. The van der Waals surface area contributed by atoms with Gasteiger partial charge in [0.05, 0.1) is 18.4 Å². The van der Waals surface area contributed by atoms with Crippen molar-refractivity contribution in [3.8, 4) is 0 Å². The number of rotatable bonds is 6. The topological polar surface area (TPSA) is 46.9 Å². The van der Waals surface area contributed by atoms with E-state index in [0.29, 0.717) is 30.1 Å². The van der Waals surface area contributed by atoms with Crippen molar-refractivity contribution in [3.05, 3.63) is 48.0 Å². The van der Waals surface area contributed by atoms with Gasteiger partial charge in [-0.15, -0.1) is 0 Å². The molecule has 5 heteroatoms. The summed E-state index contributed by atoms with van der Waals surface area (Å²) < 4.78 is 15.3.